The van der Waals surface area contributed by atoms with Crippen molar-refractivity contribution in [3.05, 3.63) is 100 Å². The fraction of sp³-hybridized carbons (Fsp3) is 0.194. The number of rotatable bonds is 14. The molecule has 1 amide bonds. The molecule has 222 valence electrons. The average Bonchev–Trinajstić information content (AvgIpc) is 3.01. The lowest BCUT2D eigenvalue weighted by atomic mass is 9.98. The molecule has 0 aliphatic rings. The first-order chi connectivity index (χ1) is 20.7. The number of hydrogen-bond donors (Lipinski definition) is 5. The standard InChI is InChI=1S/C31H30N4O8/c1-19(31(38)39)21-10-11-24(27(16-21)43-13-3-2-9-28(36)34-40)22-7-4-6-20(14-22)17-32-18-23-15-26(35(41)42)25-8-5-12-33-29(25)30(23)37/h4-8,10-12,14-16,32,37,40H,1-3,9,13,17-18H2,(H,34,36)(H,38,39). The molecule has 43 heavy (non-hydrogen) atoms. The minimum Gasteiger partial charge on any atom is -0.505 e. The van der Waals surface area contributed by atoms with E-state index in [9.17, 15) is 29.9 Å². The molecule has 5 N–H and O–H groups in total. The summed E-state index contributed by atoms with van der Waals surface area (Å²) >= 11 is 0. The zero-order valence-electron chi connectivity index (χ0n) is 23.1. The zero-order valence-corrected chi connectivity index (χ0v) is 23.1. The molecule has 0 spiro atoms. The second kappa shape index (κ2) is 14.0. The summed E-state index contributed by atoms with van der Waals surface area (Å²) in [4.78, 5) is 38.0. The van der Waals surface area contributed by atoms with Gasteiger partial charge in [-0.1, -0.05) is 36.9 Å². The number of pyridine rings is 1. The Balaban J connectivity index is 1.52. The number of amides is 1. The Morgan fingerprint density at radius 3 is 2.60 bits per heavy atom. The van der Waals surface area contributed by atoms with Crippen molar-refractivity contribution >= 4 is 34.0 Å². The van der Waals surface area contributed by atoms with Crippen molar-refractivity contribution < 1.29 is 34.7 Å². The number of carboxylic acid groups (broad SMARTS) is 1. The maximum Gasteiger partial charge on any atom is 0.335 e. The molecule has 1 heterocycles. The number of benzene rings is 3. The number of aromatic nitrogens is 1. The first-order valence-electron chi connectivity index (χ1n) is 13.4. The number of phenolic OH excluding ortho intramolecular Hbond substituents is 1. The smallest absolute Gasteiger partial charge is 0.335 e. The van der Waals surface area contributed by atoms with Gasteiger partial charge in [0.05, 0.1) is 22.5 Å². The number of aliphatic carboxylic acids is 1. The van der Waals surface area contributed by atoms with Crippen molar-refractivity contribution in [3.8, 4) is 22.6 Å². The maximum absolute atomic E-state index is 11.6. The number of nitrogens with one attached hydrogen (secondary N) is 2. The van der Waals surface area contributed by atoms with Crippen molar-refractivity contribution in [1.29, 1.82) is 0 Å². The second-order valence-electron chi connectivity index (χ2n) is 9.70. The predicted octanol–water partition coefficient (Wildman–Crippen LogP) is 4.96. The molecule has 0 atom stereocenters. The number of unbranched alkanes of at least 4 members (excludes halogenated alkanes) is 1. The molecule has 0 unspecified atom stereocenters. The Labute approximate surface area is 246 Å². The predicted molar refractivity (Wildman–Crippen MR) is 158 cm³/mol. The van der Waals surface area contributed by atoms with E-state index in [4.69, 9.17) is 9.94 Å². The molecule has 4 aromatic rings. The molecule has 0 saturated heterocycles. The first kappa shape index (κ1) is 30.6. The van der Waals surface area contributed by atoms with Crippen LogP contribution in [0.25, 0.3) is 27.6 Å². The Hall–Kier alpha value is -5.33. The lowest BCUT2D eigenvalue weighted by molar-refractivity contribution is -0.383. The van der Waals surface area contributed by atoms with Crippen LogP contribution in [0.2, 0.25) is 0 Å². The van der Waals surface area contributed by atoms with Crippen molar-refractivity contribution in [2.75, 3.05) is 6.61 Å². The Bertz CT molecular complexity index is 1690. The largest absolute Gasteiger partial charge is 0.505 e. The molecular weight excluding hydrogens is 556 g/mol. The molecule has 0 fully saturated rings. The van der Waals surface area contributed by atoms with Gasteiger partial charge in [-0.3, -0.25) is 25.1 Å². The number of phenols is 1. The number of carbonyl (C=O) groups is 2. The van der Waals surface area contributed by atoms with Crippen molar-refractivity contribution in [2.24, 2.45) is 0 Å². The molecule has 12 heteroatoms. The van der Waals surface area contributed by atoms with Gasteiger partial charge in [0.25, 0.3) is 5.69 Å². The van der Waals surface area contributed by atoms with E-state index in [1.807, 2.05) is 24.3 Å². The fourth-order valence-electron chi connectivity index (χ4n) is 4.56. The number of ether oxygens (including phenoxy) is 1. The number of hydrogen-bond acceptors (Lipinski definition) is 9. The highest BCUT2D eigenvalue weighted by Crippen LogP contribution is 2.35. The van der Waals surface area contributed by atoms with Gasteiger partial charge < -0.3 is 20.3 Å². The van der Waals surface area contributed by atoms with Gasteiger partial charge in [-0.05, 0) is 53.8 Å². The third-order valence-electron chi connectivity index (χ3n) is 6.77. The summed E-state index contributed by atoms with van der Waals surface area (Å²) in [6, 6.07) is 17.0. The molecule has 0 radical (unpaired) electrons. The Kier molecular flexibility index (Phi) is 9.99. The number of carboxylic acids is 1. The summed E-state index contributed by atoms with van der Waals surface area (Å²) in [5.41, 5.74) is 4.65. The summed E-state index contributed by atoms with van der Waals surface area (Å²) in [7, 11) is 0. The van der Waals surface area contributed by atoms with Crippen LogP contribution in [-0.2, 0) is 22.7 Å². The van der Waals surface area contributed by atoms with Gasteiger partial charge in [-0.25, -0.2) is 10.3 Å². The van der Waals surface area contributed by atoms with Crippen LogP contribution < -0.4 is 15.5 Å². The Morgan fingerprint density at radius 1 is 1.05 bits per heavy atom. The molecule has 0 aliphatic heterocycles. The van der Waals surface area contributed by atoms with E-state index in [0.29, 0.717) is 41.8 Å². The van der Waals surface area contributed by atoms with Crippen LogP contribution in [-0.4, -0.2) is 43.8 Å². The van der Waals surface area contributed by atoms with Gasteiger partial charge >= 0.3 is 5.97 Å². The van der Waals surface area contributed by atoms with E-state index in [-0.39, 0.29) is 47.5 Å². The van der Waals surface area contributed by atoms with Crippen LogP contribution in [0.5, 0.6) is 11.5 Å². The summed E-state index contributed by atoms with van der Waals surface area (Å²) in [6.07, 6.45) is 2.61. The number of fused-ring (bicyclic) bond motifs is 1. The zero-order chi connectivity index (χ0) is 30.9. The van der Waals surface area contributed by atoms with Crippen LogP contribution in [0.1, 0.15) is 36.0 Å². The highest BCUT2D eigenvalue weighted by molar-refractivity contribution is 6.14. The van der Waals surface area contributed by atoms with Gasteiger partial charge in [0.1, 0.15) is 17.0 Å². The normalized spacial score (nSPS) is 10.8. The minimum atomic E-state index is -1.15. The van der Waals surface area contributed by atoms with Crippen LogP contribution in [0.4, 0.5) is 5.69 Å². The SMILES string of the molecule is C=C(C(=O)O)c1ccc(-c2cccc(CNCc3cc([N+](=O)[O-])c4cccnc4c3O)c2)c(OCCCCC(=O)NO)c1. The highest BCUT2D eigenvalue weighted by atomic mass is 16.6. The van der Waals surface area contributed by atoms with Gasteiger partial charge in [-0.15, -0.1) is 0 Å². The lowest BCUT2D eigenvalue weighted by Crippen LogP contribution is -2.18. The van der Waals surface area contributed by atoms with E-state index < -0.39 is 16.8 Å². The fourth-order valence-corrected chi connectivity index (χ4v) is 4.56. The summed E-state index contributed by atoms with van der Waals surface area (Å²) in [5, 5.41) is 43.8. The molecule has 4 rings (SSSR count). The van der Waals surface area contributed by atoms with E-state index in [0.717, 1.165) is 11.1 Å². The van der Waals surface area contributed by atoms with Crippen LogP contribution in [0.3, 0.4) is 0 Å². The first-order valence-corrected chi connectivity index (χ1v) is 13.4. The van der Waals surface area contributed by atoms with Crippen molar-refractivity contribution in [2.45, 2.75) is 32.4 Å². The monoisotopic (exact) mass is 586 g/mol. The molecule has 0 bridgehead atoms. The lowest BCUT2D eigenvalue weighted by Gasteiger charge is -2.15. The summed E-state index contributed by atoms with van der Waals surface area (Å²) in [5.74, 6) is -1.32. The number of nitro benzene ring substituents is 1. The molecule has 12 nitrogen and oxygen atoms in total. The quantitative estimate of drug-likeness (QED) is 0.0445. The van der Waals surface area contributed by atoms with E-state index in [1.165, 1.54) is 12.3 Å². The van der Waals surface area contributed by atoms with Crippen LogP contribution >= 0.6 is 0 Å². The van der Waals surface area contributed by atoms with E-state index in [2.05, 4.69) is 16.9 Å². The van der Waals surface area contributed by atoms with Gasteiger partial charge in [0.2, 0.25) is 5.91 Å². The Morgan fingerprint density at radius 2 is 1.86 bits per heavy atom. The average molecular weight is 587 g/mol. The number of nitro groups is 1. The molecule has 0 aliphatic carbocycles. The number of non-ortho nitro benzene ring substituents is 1. The molecular formula is C31H30N4O8. The van der Waals surface area contributed by atoms with Gasteiger partial charge in [0.15, 0.2) is 0 Å². The molecule has 1 aromatic heterocycles. The minimum absolute atomic E-state index is 0.0821. The topological polar surface area (TPSA) is 184 Å². The number of aromatic hydroxyl groups is 1. The highest BCUT2D eigenvalue weighted by Gasteiger charge is 2.19. The van der Waals surface area contributed by atoms with Crippen molar-refractivity contribution in [3.63, 3.8) is 0 Å². The van der Waals surface area contributed by atoms with Gasteiger partial charge in [-0.2, -0.15) is 0 Å². The summed E-state index contributed by atoms with van der Waals surface area (Å²) in [6.45, 7) is 4.41. The van der Waals surface area contributed by atoms with Crippen LogP contribution in [0.15, 0.2) is 73.4 Å². The van der Waals surface area contributed by atoms with Gasteiger partial charge in [0, 0.05) is 42.9 Å². The number of carbonyl (C=O) groups excluding carboxylic acids is 1. The number of nitrogens with zero attached hydrogens (tertiary/aromatic N) is 2. The maximum atomic E-state index is 11.6. The second-order valence-corrected chi connectivity index (χ2v) is 9.70. The van der Waals surface area contributed by atoms with Crippen molar-refractivity contribution in [1.82, 2.24) is 15.8 Å². The van der Waals surface area contributed by atoms with Crippen LogP contribution in [0, 0.1) is 10.1 Å². The van der Waals surface area contributed by atoms with E-state index in [1.54, 1.807) is 35.8 Å². The molecule has 0 saturated carbocycles. The van der Waals surface area contributed by atoms with E-state index >= 15 is 0 Å². The number of hydroxylamine groups is 1. The third-order valence-corrected chi connectivity index (χ3v) is 6.77. The molecule has 3 aromatic carbocycles. The third kappa shape index (κ3) is 7.50. The summed E-state index contributed by atoms with van der Waals surface area (Å²) < 4.78 is 6.00.